The van der Waals surface area contributed by atoms with Crippen molar-refractivity contribution in [1.29, 1.82) is 0 Å². The van der Waals surface area contributed by atoms with Gasteiger partial charge < -0.3 is 11.1 Å². The predicted molar refractivity (Wildman–Crippen MR) is 72.8 cm³/mol. The Morgan fingerprint density at radius 2 is 1.95 bits per heavy atom. The molecule has 0 bridgehead atoms. The van der Waals surface area contributed by atoms with E-state index in [2.05, 4.69) is 10.3 Å². The fourth-order valence-electron chi connectivity index (χ4n) is 1.77. The number of aryl methyl sites for hydroxylation is 1. The number of hydrogen-bond acceptors (Lipinski definition) is 3. The van der Waals surface area contributed by atoms with E-state index in [1.54, 1.807) is 19.1 Å². The Balaban J connectivity index is 2.28. The molecule has 0 fully saturated rings. The van der Waals surface area contributed by atoms with Crippen LogP contribution in [0.3, 0.4) is 0 Å². The molecule has 3 N–H and O–H groups in total. The number of carbonyl (C=O) groups is 1. The minimum Gasteiger partial charge on any atom is -0.398 e. The predicted octanol–water partition coefficient (Wildman–Crippen LogP) is 3.24. The molecule has 0 saturated heterocycles. The Hall–Kier alpha value is -2.57. The van der Waals surface area contributed by atoms with E-state index in [1.807, 2.05) is 0 Å². The summed E-state index contributed by atoms with van der Waals surface area (Å²) in [6.07, 6.45) is -3.11. The first-order valence-electron chi connectivity index (χ1n) is 5.98. The molecule has 0 saturated carbocycles. The van der Waals surface area contributed by atoms with E-state index >= 15 is 0 Å². The van der Waals surface area contributed by atoms with E-state index in [9.17, 15) is 18.0 Å². The molecule has 1 aromatic heterocycles. The van der Waals surface area contributed by atoms with Crippen molar-refractivity contribution in [3.05, 3.63) is 53.3 Å². The number of nitrogen functional groups attached to an aromatic ring is 1. The molecule has 4 nitrogen and oxygen atoms in total. The lowest BCUT2D eigenvalue weighted by Gasteiger charge is -2.12. The quantitative estimate of drug-likeness (QED) is 0.836. The van der Waals surface area contributed by atoms with Crippen molar-refractivity contribution in [3.63, 3.8) is 0 Å². The first-order valence-corrected chi connectivity index (χ1v) is 5.98. The van der Waals surface area contributed by atoms with Gasteiger partial charge in [-0.1, -0.05) is 0 Å². The molecule has 0 aliphatic heterocycles. The van der Waals surface area contributed by atoms with E-state index in [0.717, 1.165) is 12.1 Å². The number of benzene rings is 1. The van der Waals surface area contributed by atoms with Crippen LogP contribution in [-0.2, 0) is 6.18 Å². The van der Waals surface area contributed by atoms with Crippen molar-refractivity contribution in [3.8, 4) is 0 Å². The van der Waals surface area contributed by atoms with Crippen LogP contribution in [0.1, 0.15) is 21.6 Å². The Morgan fingerprint density at radius 1 is 1.24 bits per heavy atom. The molecule has 0 atom stereocenters. The van der Waals surface area contributed by atoms with Crippen LogP contribution in [0.25, 0.3) is 0 Å². The minimum atomic E-state index is -4.60. The average molecular weight is 295 g/mol. The number of carbonyl (C=O) groups excluding carboxylic acids is 1. The Bertz CT molecular complexity index is 683. The highest BCUT2D eigenvalue weighted by atomic mass is 19.4. The molecule has 0 aliphatic rings. The van der Waals surface area contributed by atoms with Crippen molar-refractivity contribution >= 4 is 17.3 Å². The molecule has 0 aliphatic carbocycles. The van der Waals surface area contributed by atoms with Crippen LogP contribution in [0, 0.1) is 6.92 Å². The van der Waals surface area contributed by atoms with Crippen LogP contribution < -0.4 is 11.1 Å². The zero-order valence-electron chi connectivity index (χ0n) is 11.0. The lowest BCUT2D eigenvalue weighted by Crippen LogP contribution is -2.15. The highest BCUT2D eigenvalue weighted by molar-refractivity contribution is 6.04. The van der Waals surface area contributed by atoms with Crippen molar-refractivity contribution in [2.45, 2.75) is 13.1 Å². The van der Waals surface area contributed by atoms with Crippen LogP contribution in [-0.4, -0.2) is 10.9 Å². The monoisotopic (exact) mass is 295 g/mol. The Kier molecular flexibility index (Phi) is 3.84. The third-order valence-electron chi connectivity index (χ3n) is 2.78. The number of hydrogen-bond donors (Lipinski definition) is 2. The number of amides is 1. The largest absolute Gasteiger partial charge is 0.418 e. The van der Waals surface area contributed by atoms with Gasteiger partial charge in [0.1, 0.15) is 0 Å². The molecule has 0 spiro atoms. The van der Waals surface area contributed by atoms with Crippen LogP contribution in [0.5, 0.6) is 0 Å². The van der Waals surface area contributed by atoms with Crippen LogP contribution in [0.4, 0.5) is 24.5 Å². The standard InChI is InChI=1S/C14H12F3N3O/c1-8-6-10(4-5-19-8)20-13(21)9-2-3-12(18)11(7-9)14(15,16)17/h2-7H,18H2,1H3,(H,19,20,21). The second kappa shape index (κ2) is 5.43. The number of anilines is 2. The van der Waals surface area contributed by atoms with Crippen molar-refractivity contribution < 1.29 is 18.0 Å². The molecule has 110 valence electrons. The maximum absolute atomic E-state index is 12.8. The summed E-state index contributed by atoms with van der Waals surface area (Å²) >= 11 is 0. The van der Waals surface area contributed by atoms with E-state index < -0.39 is 23.3 Å². The normalized spacial score (nSPS) is 11.2. The summed E-state index contributed by atoms with van der Waals surface area (Å²) in [6.45, 7) is 1.74. The zero-order chi connectivity index (χ0) is 15.6. The molecular formula is C14H12F3N3O. The van der Waals surface area contributed by atoms with Gasteiger partial charge in [0.25, 0.3) is 5.91 Å². The number of halogens is 3. The highest BCUT2D eigenvalue weighted by Gasteiger charge is 2.33. The van der Waals surface area contributed by atoms with Crippen LogP contribution in [0.2, 0.25) is 0 Å². The number of nitrogens with two attached hydrogens (primary N) is 1. The van der Waals surface area contributed by atoms with Gasteiger partial charge in [0.05, 0.1) is 5.56 Å². The Labute approximate surface area is 118 Å². The number of rotatable bonds is 2. The summed E-state index contributed by atoms with van der Waals surface area (Å²) in [5.41, 5.74) is 4.86. The molecular weight excluding hydrogens is 283 g/mol. The molecule has 0 unspecified atom stereocenters. The van der Waals surface area contributed by atoms with Crippen molar-refractivity contribution in [1.82, 2.24) is 4.98 Å². The number of nitrogens with zero attached hydrogens (tertiary/aromatic N) is 1. The van der Waals surface area contributed by atoms with Gasteiger partial charge in [-0.25, -0.2) is 0 Å². The lowest BCUT2D eigenvalue weighted by atomic mass is 10.1. The number of alkyl halides is 3. The van der Waals surface area contributed by atoms with E-state index in [4.69, 9.17) is 5.73 Å². The summed E-state index contributed by atoms with van der Waals surface area (Å²) < 4.78 is 38.3. The topological polar surface area (TPSA) is 68.0 Å². The molecule has 1 aromatic carbocycles. The van der Waals surface area contributed by atoms with Crippen molar-refractivity contribution in [2.75, 3.05) is 11.1 Å². The third-order valence-corrected chi connectivity index (χ3v) is 2.78. The second-order valence-electron chi connectivity index (χ2n) is 4.44. The van der Waals surface area contributed by atoms with Gasteiger partial charge in [-0.3, -0.25) is 9.78 Å². The van der Waals surface area contributed by atoms with Gasteiger partial charge in [-0.2, -0.15) is 13.2 Å². The van der Waals surface area contributed by atoms with Gasteiger partial charge in [0.15, 0.2) is 0 Å². The molecule has 7 heteroatoms. The summed E-state index contributed by atoms with van der Waals surface area (Å²) in [7, 11) is 0. The molecule has 1 amide bonds. The third kappa shape index (κ3) is 3.50. The van der Waals surface area contributed by atoms with Gasteiger partial charge in [0.2, 0.25) is 0 Å². The zero-order valence-corrected chi connectivity index (χ0v) is 11.0. The van der Waals surface area contributed by atoms with Gasteiger partial charge in [-0.15, -0.1) is 0 Å². The molecule has 1 heterocycles. The summed E-state index contributed by atoms with van der Waals surface area (Å²) in [6, 6.07) is 6.20. The lowest BCUT2D eigenvalue weighted by molar-refractivity contribution is -0.136. The van der Waals surface area contributed by atoms with E-state index in [-0.39, 0.29) is 5.56 Å². The fourth-order valence-corrected chi connectivity index (χ4v) is 1.77. The first kappa shape index (κ1) is 14.8. The van der Waals surface area contributed by atoms with Crippen molar-refractivity contribution in [2.24, 2.45) is 0 Å². The number of pyridine rings is 1. The smallest absolute Gasteiger partial charge is 0.398 e. The minimum absolute atomic E-state index is 0.119. The molecule has 0 radical (unpaired) electrons. The van der Waals surface area contributed by atoms with Gasteiger partial charge in [0, 0.05) is 28.8 Å². The Morgan fingerprint density at radius 3 is 2.57 bits per heavy atom. The maximum atomic E-state index is 12.8. The van der Waals surface area contributed by atoms with Crippen LogP contribution in [0.15, 0.2) is 36.5 Å². The van der Waals surface area contributed by atoms with Gasteiger partial charge in [-0.05, 0) is 37.3 Å². The molecule has 2 rings (SSSR count). The summed E-state index contributed by atoms with van der Waals surface area (Å²) in [5.74, 6) is -0.647. The molecule has 2 aromatic rings. The van der Waals surface area contributed by atoms with Gasteiger partial charge >= 0.3 is 6.18 Å². The maximum Gasteiger partial charge on any atom is 0.418 e. The van der Waals surface area contributed by atoms with E-state index in [0.29, 0.717) is 11.4 Å². The first-order chi connectivity index (χ1) is 9.77. The van der Waals surface area contributed by atoms with Crippen LogP contribution >= 0.6 is 0 Å². The fraction of sp³-hybridized carbons (Fsp3) is 0.143. The summed E-state index contributed by atoms with van der Waals surface area (Å²) in [5, 5.41) is 2.51. The second-order valence-corrected chi connectivity index (χ2v) is 4.44. The summed E-state index contributed by atoms with van der Waals surface area (Å²) in [4.78, 5) is 15.9. The SMILES string of the molecule is Cc1cc(NC(=O)c2ccc(N)c(C(F)(F)F)c2)ccn1. The average Bonchev–Trinajstić information content (AvgIpc) is 2.37. The van der Waals surface area contributed by atoms with E-state index in [1.165, 1.54) is 12.3 Å². The molecule has 21 heavy (non-hydrogen) atoms. The highest BCUT2D eigenvalue weighted by Crippen LogP contribution is 2.34. The number of aromatic nitrogens is 1. The number of nitrogens with one attached hydrogen (secondary N) is 1.